The van der Waals surface area contributed by atoms with Crippen molar-refractivity contribution in [3.8, 4) is 0 Å². The van der Waals surface area contributed by atoms with E-state index in [1.807, 2.05) is 12.1 Å². The Morgan fingerprint density at radius 1 is 1.24 bits per heavy atom. The molecule has 4 nitrogen and oxygen atoms in total. The first kappa shape index (κ1) is 11.3. The third kappa shape index (κ3) is 2.87. The number of hydrogen-bond acceptors (Lipinski definition) is 3. The van der Waals surface area contributed by atoms with E-state index < -0.39 is 0 Å². The summed E-state index contributed by atoms with van der Waals surface area (Å²) in [7, 11) is 0. The summed E-state index contributed by atoms with van der Waals surface area (Å²) in [5.74, 6) is 0.843. The molecule has 0 atom stereocenters. The predicted molar refractivity (Wildman–Crippen MR) is 65.5 cm³/mol. The Morgan fingerprint density at radius 3 is 2.53 bits per heavy atom. The highest BCUT2D eigenvalue weighted by Crippen LogP contribution is 2.08. The van der Waals surface area contributed by atoms with Gasteiger partial charge in [0.15, 0.2) is 5.76 Å². The average Bonchev–Trinajstić information content (AvgIpc) is 2.75. The number of carbonyl (C=O) groups excluding carboxylic acids is 1. The van der Waals surface area contributed by atoms with Crippen LogP contribution in [0.25, 0.3) is 0 Å². The fourth-order valence-electron chi connectivity index (χ4n) is 1.46. The number of benzene rings is 1. The van der Waals surface area contributed by atoms with Gasteiger partial charge < -0.3 is 15.5 Å². The highest BCUT2D eigenvalue weighted by molar-refractivity contribution is 5.91. The zero-order valence-electron chi connectivity index (χ0n) is 9.57. The molecule has 88 valence electrons. The number of aryl methyl sites for hydroxylation is 1. The Bertz CT molecular complexity index is 514. The van der Waals surface area contributed by atoms with Gasteiger partial charge in [-0.2, -0.15) is 0 Å². The first-order valence-electron chi connectivity index (χ1n) is 5.34. The predicted octanol–water partition coefficient (Wildman–Crippen LogP) is 2.10. The highest BCUT2D eigenvalue weighted by Gasteiger charge is 2.08. The lowest BCUT2D eigenvalue weighted by Gasteiger charge is -2.03. The molecule has 0 saturated carbocycles. The van der Waals surface area contributed by atoms with E-state index in [0.717, 1.165) is 11.3 Å². The van der Waals surface area contributed by atoms with E-state index in [4.69, 9.17) is 10.2 Å². The number of hydrogen-bond donors (Lipinski definition) is 2. The zero-order chi connectivity index (χ0) is 12.3. The van der Waals surface area contributed by atoms with Crippen molar-refractivity contribution >= 4 is 11.6 Å². The van der Waals surface area contributed by atoms with E-state index in [1.54, 1.807) is 31.2 Å². The van der Waals surface area contributed by atoms with Crippen LogP contribution in [0.4, 0.5) is 5.69 Å². The van der Waals surface area contributed by atoms with Crippen LogP contribution in [0.15, 0.2) is 40.8 Å². The van der Waals surface area contributed by atoms with E-state index in [1.165, 1.54) is 0 Å². The molecule has 0 aliphatic carbocycles. The Morgan fingerprint density at radius 2 is 1.94 bits per heavy atom. The molecule has 0 saturated heterocycles. The van der Waals surface area contributed by atoms with Gasteiger partial charge in [-0.25, -0.2) is 0 Å². The molecule has 1 aromatic heterocycles. The van der Waals surface area contributed by atoms with Crippen LogP contribution >= 0.6 is 0 Å². The maximum Gasteiger partial charge on any atom is 0.287 e. The fourth-order valence-corrected chi connectivity index (χ4v) is 1.46. The summed E-state index contributed by atoms with van der Waals surface area (Å²) in [5, 5.41) is 2.77. The Hall–Kier alpha value is -2.23. The van der Waals surface area contributed by atoms with Gasteiger partial charge in [0.05, 0.1) is 0 Å². The number of nitrogens with one attached hydrogen (secondary N) is 1. The summed E-state index contributed by atoms with van der Waals surface area (Å²) < 4.78 is 5.22. The Labute approximate surface area is 99.4 Å². The number of rotatable bonds is 3. The minimum absolute atomic E-state index is 0.213. The number of carbonyl (C=O) groups is 1. The molecule has 1 heterocycles. The van der Waals surface area contributed by atoms with E-state index in [9.17, 15) is 4.79 Å². The lowest BCUT2D eigenvalue weighted by molar-refractivity contribution is 0.0922. The maximum atomic E-state index is 11.7. The van der Waals surface area contributed by atoms with Crippen molar-refractivity contribution < 1.29 is 9.21 Å². The van der Waals surface area contributed by atoms with Crippen LogP contribution in [-0.4, -0.2) is 5.91 Å². The highest BCUT2D eigenvalue weighted by atomic mass is 16.3. The second-order valence-electron chi connectivity index (χ2n) is 3.83. The topological polar surface area (TPSA) is 68.3 Å². The molecule has 1 amide bonds. The van der Waals surface area contributed by atoms with Crippen LogP contribution in [0.1, 0.15) is 21.9 Å². The Balaban J connectivity index is 1.94. The minimum Gasteiger partial charge on any atom is -0.456 e. The van der Waals surface area contributed by atoms with Crippen LogP contribution in [0.2, 0.25) is 0 Å². The van der Waals surface area contributed by atoms with Crippen molar-refractivity contribution in [1.29, 1.82) is 0 Å². The lowest BCUT2D eigenvalue weighted by Crippen LogP contribution is -2.22. The van der Waals surface area contributed by atoms with Gasteiger partial charge in [-0.3, -0.25) is 4.79 Å². The van der Waals surface area contributed by atoms with E-state index >= 15 is 0 Å². The molecule has 0 bridgehead atoms. The van der Waals surface area contributed by atoms with Crippen LogP contribution in [0.3, 0.4) is 0 Å². The summed E-state index contributed by atoms with van der Waals surface area (Å²) in [4.78, 5) is 11.7. The molecule has 0 radical (unpaired) electrons. The van der Waals surface area contributed by atoms with E-state index in [-0.39, 0.29) is 5.91 Å². The largest absolute Gasteiger partial charge is 0.456 e. The van der Waals surface area contributed by atoms with Gasteiger partial charge in [-0.05, 0) is 36.8 Å². The first-order valence-corrected chi connectivity index (χ1v) is 5.34. The van der Waals surface area contributed by atoms with Crippen molar-refractivity contribution in [2.75, 3.05) is 5.73 Å². The third-order valence-corrected chi connectivity index (χ3v) is 2.40. The molecule has 3 N–H and O–H groups in total. The van der Waals surface area contributed by atoms with Gasteiger partial charge in [-0.1, -0.05) is 12.1 Å². The zero-order valence-corrected chi connectivity index (χ0v) is 9.57. The number of furan rings is 1. The monoisotopic (exact) mass is 230 g/mol. The summed E-state index contributed by atoms with van der Waals surface area (Å²) >= 11 is 0. The van der Waals surface area contributed by atoms with Crippen LogP contribution in [0.5, 0.6) is 0 Å². The van der Waals surface area contributed by atoms with Gasteiger partial charge in [0, 0.05) is 12.2 Å². The molecular weight excluding hydrogens is 216 g/mol. The molecule has 0 unspecified atom stereocenters. The molecule has 17 heavy (non-hydrogen) atoms. The second kappa shape index (κ2) is 4.74. The molecule has 4 heteroatoms. The van der Waals surface area contributed by atoms with Crippen molar-refractivity contribution in [2.24, 2.45) is 0 Å². The van der Waals surface area contributed by atoms with Gasteiger partial charge >= 0.3 is 0 Å². The van der Waals surface area contributed by atoms with Crippen LogP contribution < -0.4 is 11.1 Å². The molecule has 0 fully saturated rings. The van der Waals surface area contributed by atoms with Gasteiger partial charge in [-0.15, -0.1) is 0 Å². The number of nitrogen functional groups attached to an aromatic ring is 1. The number of amides is 1. The number of anilines is 1. The normalized spacial score (nSPS) is 10.2. The quantitative estimate of drug-likeness (QED) is 0.793. The standard InChI is InChI=1S/C13H14N2O2/c1-9-2-7-12(17-9)13(16)15-8-10-3-5-11(14)6-4-10/h2-7H,8,14H2,1H3,(H,15,16). The fraction of sp³-hybridized carbons (Fsp3) is 0.154. The van der Waals surface area contributed by atoms with Gasteiger partial charge in [0.1, 0.15) is 5.76 Å². The molecule has 2 rings (SSSR count). The number of nitrogens with two attached hydrogens (primary N) is 1. The van der Waals surface area contributed by atoms with Gasteiger partial charge in [0.25, 0.3) is 5.91 Å². The Kier molecular flexibility index (Phi) is 3.14. The average molecular weight is 230 g/mol. The summed E-state index contributed by atoms with van der Waals surface area (Å²) in [5.41, 5.74) is 7.28. The molecule has 1 aromatic carbocycles. The van der Waals surface area contributed by atoms with Crippen molar-refractivity contribution in [3.63, 3.8) is 0 Å². The smallest absolute Gasteiger partial charge is 0.287 e. The third-order valence-electron chi connectivity index (χ3n) is 2.40. The van der Waals surface area contributed by atoms with E-state index in [0.29, 0.717) is 18.0 Å². The van der Waals surface area contributed by atoms with Crippen molar-refractivity contribution in [1.82, 2.24) is 5.32 Å². The molecular formula is C13H14N2O2. The van der Waals surface area contributed by atoms with Crippen LogP contribution in [0, 0.1) is 6.92 Å². The maximum absolute atomic E-state index is 11.7. The molecule has 0 spiro atoms. The summed E-state index contributed by atoms with van der Waals surface area (Å²) in [6, 6.07) is 10.8. The SMILES string of the molecule is Cc1ccc(C(=O)NCc2ccc(N)cc2)o1. The minimum atomic E-state index is -0.213. The molecule has 2 aromatic rings. The molecule has 0 aliphatic heterocycles. The van der Waals surface area contributed by atoms with Gasteiger partial charge in [0.2, 0.25) is 0 Å². The van der Waals surface area contributed by atoms with Crippen LogP contribution in [-0.2, 0) is 6.54 Å². The molecule has 0 aliphatic rings. The second-order valence-corrected chi connectivity index (χ2v) is 3.83. The van der Waals surface area contributed by atoms with Crippen molar-refractivity contribution in [3.05, 3.63) is 53.5 Å². The lowest BCUT2D eigenvalue weighted by atomic mass is 10.2. The van der Waals surface area contributed by atoms with Crippen molar-refractivity contribution in [2.45, 2.75) is 13.5 Å². The first-order chi connectivity index (χ1) is 8.15. The van der Waals surface area contributed by atoms with E-state index in [2.05, 4.69) is 5.32 Å². The summed E-state index contributed by atoms with van der Waals surface area (Å²) in [6.45, 7) is 2.26. The summed E-state index contributed by atoms with van der Waals surface area (Å²) in [6.07, 6.45) is 0.